The number of methoxy groups -OCH3 is 1. The number of esters is 1. The first kappa shape index (κ1) is 14.0. The van der Waals surface area contributed by atoms with Gasteiger partial charge < -0.3 is 18.9 Å². The quantitative estimate of drug-likeness (QED) is 0.303. The topological polar surface area (TPSA) is 71.1 Å². The molecule has 0 aliphatic heterocycles. The third-order valence-electron chi connectivity index (χ3n) is 1.29. The summed E-state index contributed by atoms with van der Waals surface area (Å²) < 4.78 is 19.0. The Morgan fingerprint density at radius 2 is 1.67 bits per heavy atom. The zero-order valence-corrected chi connectivity index (χ0v) is 8.99. The second-order valence-corrected chi connectivity index (χ2v) is 2.71. The van der Waals surface area contributed by atoms with Gasteiger partial charge in [-0.3, -0.25) is 4.79 Å². The molecule has 0 saturated carbocycles. The standard InChI is InChI=1S/C9H16O6/c1-8(10)5-15-7-14-4-3-13-6-9(11)12-2/h3-7H2,1-2H3. The van der Waals surface area contributed by atoms with Crippen molar-refractivity contribution in [2.45, 2.75) is 6.92 Å². The van der Waals surface area contributed by atoms with Gasteiger partial charge in [0.05, 0.1) is 20.3 Å². The maximum atomic E-state index is 10.6. The fraction of sp³-hybridized carbons (Fsp3) is 0.778. The van der Waals surface area contributed by atoms with Crippen LogP contribution < -0.4 is 0 Å². The lowest BCUT2D eigenvalue weighted by atomic mass is 10.5. The molecular formula is C9H16O6. The van der Waals surface area contributed by atoms with Crippen LogP contribution in [-0.4, -0.2) is 52.1 Å². The van der Waals surface area contributed by atoms with E-state index < -0.39 is 5.97 Å². The molecule has 0 spiro atoms. The third-order valence-corrected chi connectivity index (χ3v) is 1.29. The number of ether oxygens (including phenoxy) is 4. The van der Waals surface area contributed by atoms with Gasteiger partial charge in [-0.25, -0.2) is 4.79 Å². The smallest absolute Gasteiger partial charge is 0.331 e. The summed E-state index contributed by atoms with van der Waals surface area (Å²) in [6.45, 7) is 2.01. The van der Waals surface area contributed by atoms with E-state index in [1.54, 1.807) is 0 Å². The molecule has 6 heteroatoms. The van der Waals surface area contributed by atoms with E-state index in [1.807, 2.05) is 0 Å². The molecule has 0 aromatic carbocycles. The average molecular weight is 220 g/mol. The Balaban J connectivity index is 3.05. The first-order chi connectivity index (χ1) is 7.16. The monoisotopic (exact) mass is 220 g/mol. The van der Waals surface area contributed by atoms with Crippen molar-refractivity contribution in [2.24, 2.45) is 0 Å². The largest absolute Gasteiger partial charge is 0.467 e. The highest BCUT2D eigenvalue weighted by Crippen LogP contribution is 1.83. The summed E-state index contributed by atoms with van der Waals surface area (Å²) in [5.41, 5.74) is 0. The van der Waals surface area contributed by atoms with Crippen molar-refractivity contribution < 1.29 is 28.5 Å². The second kappa shape index (κ2) is 9.57. The van der Waals surface area contributed by atoms with E-state index in [-0.39, 0.29) is 32.4 Å². The molecule has 0 heterocycles. The summed E-state index contributed by atoms with van der Waals surface area (Å²) in [7, 11) is 1.29. The predicted octanol–water partition coefficient (Wildman–Crippen LogP) is -0.244. The zero-order chi connectivity index (χ0) is 11.5. The number of rotatable bonds is 9. The minimum atomic E-state index is -0.428. The molecule has 0 unspecified atom stereocenters. The lowest BCUT2D eigenvalue weighted by molar-refractivity contribution is -0.147. The van der Waals surface area contributed by atoms with Crippen molar-refractivity contribution in [3.63, 3.8) is 0 Å². The van der Waals surface area contributed by atoms with Gasteiger partial charge in [-0.05, 0) is 6.92 Å². The summed E-state index contributed by atoms with van der Waals surface area (Å²) in [5.74, 6) is -0.483. The fourth-order valence-corrected chi connectivity index (χ4v) is 0.636. The molecule has 0 saturated heterocycles. The summed E-state index contributed by atoms with van der Waals surface area (Å²) in [6.07, 6.45) is 0. The van der Waals surface area contributed by atoms with Crippen molar-refractivity contribution in [1.29, 1.82) is 0 Å². The molecular weight excluding hydrogens is 204 g/mol. The van der Waals surface area contributed by atoms with Gasteiger partial charge in [-0.15, -0.1) is 0 Å². The van der Waals surface area contributed by atoms with Gasteiger partial charge in [0, 0.05) is 0 Å². The molecule has 0 aliphatic rings. The SMILES string of the molecule is COC(=O)COCCOCOCC(C)=O. The third kappa shape index (κ3) is 10.9. The van der Waals surface area contributed by atoms with Crippen LogP contribution >= 0.6 is 0 Å². The van der Waals surface area contributed by atoms with Crippen LogP contribution in [0.5, 0.6) is 0 Å². The lowest BCUT2D eigenvalue weighted by Crippen LogP contribution is -2.14. The number of hydrogen-bond donors (Lipinski definition) is 0. The molecule has 6 nitrogen and oxygen atoms in total. The van der Waals surface area contributed by atoms with Crippen LogP contribution in [0.15, 0.2) is 0 Å². The molecule has 0 N–H and O–H groups in total. The summed E-state index contributed by atoms with van der Waals surface area (Å²) in [4.78, 5) is 21.0. The number of hydrogen-bond acceptors (Lipinski definition) is 6. The van der Waals surface area contributed by atoms with E-state index >= 15 is 0 Å². The molecule has 0 fully saturated rings. The molecule has 0 bridgehead atoms. The zero-order valence-electron chi connectivity index (χ0n) is 8.99. The van der Waals surface area contributed by atoms with Crippen LogP contribution in [0.3, 0.4) is 0 Å². The summed E-state index contributed by atoms with van der Waals surface area (Å²) in [5, 5.41) is 0. The highest BCUT2D eigenvalue weighted by atomic mass is 16.7. The van der Waals surface area contributed by atoms with E-state index in [2.05, 4.69) is 4.74 Å². The van der Waals surface area contributed by atoms with Crippen molar-refractivity contribution in [1.82, 2.24) is 0 Å². The van der Waals surface area contributed by atoms with E-state index in [9.17, 15) is 9.59 Å². The van der Waals surface area contributed by atoms with Gasteiger partial charge in [0.15, 0.2) is 5.78 Å². The second-order valence-electron chi connectivity index (χ2n) is 2.71. The van der Waals surface area contributed by atoms with Gasteiger partial charge in [-0.2, -0.15) is 0 Å². The molecule has 0 aliphatic carbocycles. The number of Topliss-reactive ketones (excluding diaryl/α,β-unsaturated/α-hetero) is 1. The number of carbonyl (C=O) groups is 2. The minimum Gasteiger partial charge on any atom is -0.467 e. The predicted molar refractivity (Wildman–Crippen MR) is 50.3 cm³/mol. The average Bonchev–Trinajstić information content (AvgIpc) is 2.21. The molecule has 0 atom stereocenters. The van der Waals surface area contributed by atoms with Gasteiger partial charge in [0.1, 0.15) is 20.0 Å². The van der Waals surface area contributed by atoms with Crippen LogP contribution in [0.4, 0.5) is 0 Å². The Hall–Kier alpha value is -0.980. The Kier molecular flexibility index (Phi) is 8.95. The maximum Gasteiger partial charge on any atom is 0.331 e. The van der Waals surface area contributed by atoms with E-state index in [4.69, 9.17) is 14.2 Å². The molecule has 0 aromatic rings. The Morgan fingerprint density at radius 3 is 2.27 bits per heavy atom. The van der Waals surface area contributed by atoms with Crippen molar-refractivity contribution >= 4 is 11.8 Å². The van der Waals surface area contributed by atoms with Crippen molar-refractivity contribution in [3.8, 4) is 0 Å². The van der Waals surface area contributed by atoms with Crippen molar-refractivity contribution in [2.75, 3.05) is 40.3 Å². The van der Waals surface area contributed by atoms with Gasteiger partial charge in [0.25, 0.3) is 0 Å². The van der Waals surface area contributed by atoms with E-state index in [1.165, 1.54) is 14.0 Å². The van der Waals surface area contributed by atoms with Crippen LogP contribution in [0.1, 0.15) is 6.92 Å². The van der Waals surface area contributed by atoms with Crippen LogP contribution in [0.25, 0.3) is 0 Å². The summed E-state index contributed by atoms with van der Waals surface area (Å²) in [6, 6.07) is 0. The van der Waals surface area contributed by atoms with Crippen LogP contribution in [0.2, 0.25) is 0 Å². The first-order valence-corrected chi connectivity index (χ1v) is 4.46. The van der Waals surface area contributed by atoms with Gasteiger partial charge >= 0.3 is 5.97 Å². The molecule has 0 radical (unpaired) electrons. The van der Waals surface area contributed by atoms with Crippen molar-refractivity contribution in [3.05, 3.63) is 0 Å². The van der Waals surface area contributed by atoms with Crippen LogP contribution in [-0.2, 0) is 28.5 Å². The number of ketones is 1. The number of carbonyl (C=O) groups excluding carboxylic acids is 2. The maximum absolute atomic E-state index is 10.6. The molecule has 88 valence electrons. The van der Waals surface area contributed by atoms with Crippen LogP contribution in [0, 0.1) is 0 Å². The normalized spacial score (nSPS) is 10.0. The molecule has 0 amide bonds. The van der Waals surface area contributed by atoms with E-state index in [0.29, 0.717) is 6.61 Å². The van der Waals surface area contributed by atoms with Gasteiger partial charge in [0.2, 0.25) is 0 Å². The Bertz CT molecular complexity index is 191. The first-order valence-electron chi connectivity index (χ1n) is 4.46. The van der Waals surface area contributed by atoms with E-state index in [0.717, 1.165) is 0 Å². The summed E-state index contributed by atoms with van der Waals surface area (Å²) >= 11 is 0. The molecule has 0 rings (SSSR count). The highest BCUT2D eigenvalue weighted by molar-refractivity contribution is 5.76. The Morgan fingerprint density at radius 1 is 1.00 bits per heavy atom. The Labute approximate surface area is 88.4 Å². The van der Waals surface area contributed by atoms with Gasteiger partial charge in [-0.1, -0.05) is 0 Å². The minimum absolute atomic E-state index is 0.0428. The molecule has 0 aromatic heterocycles. The highest BCUT2D eigenvalue weighted by Gasteiger charge is 1.98. The lowest BCUT2D eigenvalue weighted by Gasteiger charge is -2.04. The molecule has 15 heavy (non-hydrogen) atoms. The fourth-order valence-electron chi connectivity index (χ4n) is 0.636.